The highest BCUT2D eigenvalue weighted by Crippen LogP contribution is 2.42. The van der Waals surface area contributed by atoms with E-state index in [4.69, 9.17) is 23.2 Å². The van der Waals surface area contributed by atoms with Crippen LogP contribution in [0.1, 0.15) is 22.2 Å². The summed E-state index contributed by atoms with van der Waals surface area (Å²) in [4.78, 5) is 32.2. The smallest absolute Gasteiger partial charge is 0.296 e. The third-order valence-corrected chi connectivity index (χ3v) is 6.27. The van der Waals surface area contributed by atoms with Crippen LogP contribution in [0, 0.1) is 0 Å². The van der Waals surface area contributed by atoms with Crippen molar-refractivity contribution in [2.24, 2.45) is 0 Å². The number of halogens is 2. The van der Waals surface area contributed by atoms with Crippen LogP contribution in [-0.4, -0.2) is 26.7 Å². The zero-order valence-electron chi connectivity index (χ0n) is 14.9. The number of carbonyl (C=O) groups excluding carboxylic acids is 2. The third kappa shape index (κ3) is 3.67. The van der Waals surface area contributed by atoms with Gasteiger partial charge in [0.25, 0.3) is 11.7 Å². The molecule has 1 unspecified atom stereocenters. The molecule has 0 saturated carbocycles. The Bertz CT molecular complexity index is 1110. The number of benzene rings is 1. The Morgan fingerprint density at radius 3 is 2.59 bits per heavy atom. The highest BCUT2D eigenvalue weighted by molar-refractivity contribution is 7.10. The molecule has 1 saturated heterocycles. The molecule has 0 bridgehead atoms. The lowest BCUT2D eigenvalue weighted by atomic mass is 10.00. The number of Topliss-reactive ketones (excluding diaryl/α,β-unsaturated/α-hetero) is 1. The number of ketones is 1. The zero-order chi connectivity index (χ0) is 20.5. The van der Waals surface area contributed by atoms with Crippen LogP contribution < -0.4 is 0 Å². The van der Waals surface area contributed by atoms with Crippen LogP contribution in [0.4, 0.5) is 0 Å². The number of hydrogen-bond acceptors (Lipinski definition) is 5. The van der Waals surface area contributed by atoms with Crippen LogP contribution in [0.5, 0.6) is 0 Å². The van der Waals surface area contributed by atoms with Gasteiger partial charge in [-0.2, -0.15) is 0 Å². The summed E-state index contributed by atoms with van der Waals surface area (Å²) < 4.78 is 0. The summed E-state index contributed by atoms with van der Waals surface area (Å²) in [6, 6.07) is 12.9. The fourth-order valence-electron chi connectivity index (χ4n) is 3.25. The summed E-state index contributed by atoms with van der Waals surface area (Å²) in [5.74, 6) is -1.72. The van der Waals surface area contributed by atoms with Gasteiger partial charge < -0.3 is 10.0 Å². The fourth-order valence-corrected chi connectivity index (χ4v) is 4.39. The maximum absolute atomic E-state index is 12.9. The second-order valence-electron chi connectivity index (χ2n) is 6.39. The van der Waals surface area contributed by atoms with E-state index in [0.717, 1.165) is 4.88 Å². The first kappa shape index (κ1) is 19.6. The first-order valence-corrected chi connectivity index (χ1v) is 10.3. The lowest BCUT2D eigenvalue weighted by molar-refractivity contribution is -0.140. The summed E-state index contributed by atoms with van der Waals surface area (Å²) in [6.07, 6.45) is 1.63. The molecule has 1 aliphatic heterocycles. The number of aromatic nitrogens is 1. The van der Waals surface area contributed by atoms with Crippen molar-refractivity contribution in [3.05, 3.63) is 91.9 Å². The van der Waals surface area contributed by atoms with Gasteiger partial charge >= 0.3 is 0 Å². The largest absolute Gasteiger partial charge is 0.507 e. The van der Waals surface area contributed by atoms with Gasteiger partial charge in [-0.05, 0) is 41.8 Å². The lowest BCUT2D eigenvalue weighted by Crippen LogP contribution is -2.29. The molecule has 0 radical (unpaired) electrons. The van der Waals surface area contributed by atoms with Crippen molar-refractivity contribution < 1.29 is 14.7 Å². The van der Waals surface area contributed by atoms with Gasteiger partial charge in [0, 0.05) is 16.6 Å². The average molecular weight is 445 g/mol. The van der Waals surface area contributed by atoms with Gasteiger partial charge in [-0.1, -0.05) is 35.3 Å². The number of aliphatic hydroxyl groups excluding tert-OH is 1. The number of nitrogens with zero attached hydrogens (tertiary/aromatic N) is 2. The molecule has 1 N–H and O–H groups in total. The maximum Gasteiger partial charge on any atom is 0.296 e. The average Bonchev–Trinajstić information content (AvgIpc) is 3.33. The summed E-state index contributed by atoms with van der Waals surface area (Å²) in [5, 5.41) is 13.4. The maximum atomic E-state index is 12.9. The van der Waals surface area contributed by atoms with Crippen molar-refractivity contribution in [1.82, 2.24) is 9.88 Å². The van der Waals surface area contributed by atoms with E-state index in [1.165, 1.54) is 28.4 Å². The third-order valence-electron chi connectivity index (χ3n) is 4.60. The molecule has 0 aliphatic carbocycles. The Morgan fingerprint density at radius 2 is 1.93 bits per heavy atom. The molecule has 1 fully saturated rings. The predicted octanol–water partition coefficient (Wildman–Crippen LogP) is 5.07. The number of aliphatic hydroxyl groups is 1. The number of thiophene rings is 1. The normalized spacial score (nSPS) is 18.4. The van der Waals surface area contributed by atoms with Crippen molar-refractivity contribution in [2.75, 3.05) is 0 Å². The first-order valence-electron chi connectivity index (χ1n) is 8.64. The summed E-state index contributed by atoms with van der Waals surface area (Å²) in [7, 11) is 0. The number of likely N-dealkylation sites (tertiary alicyclic amines) is 1. The number of pyridine rings is 1. The van der Waals surface area contributed by atoms with Crippen molar-refractivity contribution in [3.63, 3.8) is 0 Å². The molecular weight excluding hydrogens is 431 g/mol. The quantitative estimate of drug-likeness (QED) is 0.346. The molecule has 4 rings (SSSR count). The predicted molar refractivity (Wildman–Crippen MR) is 113 cm³/mol. The van der Waals surface area contributed by atoms with Gasteiger partial charge in [0.15, 0.2) is 0 Å². The molecule has 29 heavy (non-hydrogen) atoms. The standard InChI is InChI=1S/C21H14Cl2N2O3S/c22-14-7-6-12(10-15(14)23)19(26)17-18(16-5-3-9-29-16)25(21(28)20(17)27)11-13-4-1-2-8-24-13/h1-10,18,26H,11H2/b19-17-. The molecule has 1 atom stereocenters. The van der Waals surface area contributed by atoms with E-state index >= 15 is 0 Å². The van der Waals surface area contributed by atoms with Crippen molar-refractivity contribution in [3.8, 4) is 0 Å². The van der Waals surface area contributed by atoms with Crippen molar-refractivity contribution in [2.45, 2.75) is 12.6 Å². The molecule has 3 heterocycles. The van der Waals surface area contributed by atoms with Crippen LogP contribution in [0.25, 0.3) is 5.76 Å². The molecule has 1 amide bonds. The van der Waals surface area contributed by atoms with Crippen LogP contribution in [0.2, 0.25) is 10.0 Å². The van der Waals surface area contributed by atoms with Gasteiger partial charge in [0.2, 0.25) is 0 Å². The number of carbonyl (C=O) groups is 2. The second-order valence-corrected chi connectivity index (χ2v) is 8.19. The van der Waals surface area contributed by atoms with E-state index in [9.17, 15) is 14.7 Å². The highest BCUT2D eigenvalue weighted by atomic mass is 35.5. The van der Waals surface area contributed by atoms with Crippen LogP contribution in [-0.2, 0) is 16.1 Å². The minimum Gasteiger partial charge on any atom is -0.507 e. The molecule has 5 nitrogen and oxygen atoms in total. The Hall–Kier alpha value is -2.67. The van der Waals surface area contributed by atoms with E-state index in [-0.39, 0.29) is 22.9 Å². The Balaban J connectivity index is 1.84. The van der Waals surface area contributed by atoms with E-state index in [1.54, 1.807) is 24.4 Å². The second kappa shape index (κ2) is 7.99. The molecule has 8 heteroatoms. The van der Waals surface area contributed by atoms with Gasteiger partial charge in [0.1, 0.15) is 11.8 Å². The first-order chi connectivity index (χ1) is 14.0. The van der Waals surface area contributed by atoms with Crippen molar-refractivity contribution >= 4 is 52.0 Å². The highest BCUT2D eigenvalue weighted by Gasteiger charge is 2.46. The van der Waals surface area contributed by atoms with Gasteiger partial charge in [0.05, 0.1) is 27.9 Å². The summed E-state index contributed by atoms with van der Waals surface area (Å²) in [6.45, 7) is 0.145. The molecule has 2 aromatic heterocycles. The van der Waals surface area contributed by atoms with Gasteiger partial charge in [-0.25, -0.2) is 0 Å². The van der Waals surface area contributed by atoms with E-state index in [2.05, 4.69) is 4.98 Å². The Morgan fingerprint density at radius 1 is 1.10 bits per heavy atom. The van der Waals surface area contributed by atoms with Gasteiger partial charge in [-0.15, -0.1) is 11.3 Å². The SMILES string of the molecule is O=C1C(=O)N(Cc2ccccn2)C(c2cccs2)/C1=C(/O)c1ccc(Cl)c(Cl)c1. The summed E-state index contributed by atoms with van der Waals surface area (Å²) in [5.41, 5.74) is 0.981. The van der Waals surface area contributed by atoms with Crippen LogP contribution >= 0.6 is 34.5 Å². The molecule has 146 valence electrons. The Kier molecular flexibility index (Phi) is 5.41. The molecule has 1 aromatic carbocycles. The molecular formula is C21H14Cl2N2O3S. The van der Waals surface area contributed by atoms with Crippen LogP contribution in [0.15, 0.2) is 65.7 Å². The lowest BCUT2D eigenvalue weighted by Gasteiger charge is -2.23. The van der Waals surface area contributed by atoms with Crippen LogP contribution in [0.3, 0.4) is 0 Å². The fraction of sp³-hybridized carbons (Fsp3) is 0.0952. The molecule has 3 aromatic rings. The van der Waals surface area contributed by atoms with E-state index in [0.29, 0.717) is 16.3 Å². The topological polar surface area (TPSA) is 70.5 Å². The monoisotopic (exact) mass is 444 g/mol. The van der Waals surface area contributed by atoms with E-state index in [1.807, 2.05) is 23.6 Å². The minimum atomic E-state index is -0.747. The van der Waals surface area contributed by atoms with Crippen molar-refractivity contribution in [1.29, 1.82) is 0 Å². The Labute approximate surface area is 180 Å². The number of amides is 1. The number of rotatable bonds is 4. The zero-order valence-corrected chi connectivity index (χ0v) is 17.2. The van der Waals surface area contributed by atoms with Gasteiger partial charge in [-0.3, -0.25) is 14.6 Å². The molecule has 1 aliphatic rings. The van der Waals surface area contributed by atoms with E-state index < -0.39 is 17.7 Å². The molecule has 0 spiro atoms. The number of hydrogen-bond donors (Lipinski definition) is 1. The minimum absolute atomic E-state index is 0.0202. The summed E-state index contributed by atoms with van der Waals surface area (Å²) >= 11 is 13.4.